The maximum absolute atomic E-state index is 13.4. The Bertz CT molecular complexity index is 1800. The minimum absolute atomic E-state index is 0.201. The molecule has 0 saturated carbocycles. The molecular weight excluding hydrogens is 587 g/mol. The SMILES string of the molecule is CS(=O)(=O)CC=O.ONCc1ccc(-c2ccc3ncnc(Nc4ccc(OCc5cccc(F)c5)c(Cl)c4)c3c2)o1. The van der Waals surface area contributed by atoms with Crippen LogP contribution in [0.15, 0.2) is 83.5 Å². The molecule has 2 aromatic heterocycles. The van der Waals surface area contributed by atoms with Gasteiger partial charge in [-0.2, -0.15) is 5.48 Å². The van der Waals surface area contributed by atoms with Crippen molar-refractivity contribution in [3.05, 3.63) is 101 Å². The molecule has 0 fully saturated rings. The number of carbonyl (C=O) groups is 1. The summed E-state index contributed by atoms with van der Waals surface area (Å²) in [6.07, 6.45) is 2.87. The minimum Gasteiger partial charge on any atom is -0.487 e. The first-order valence-electron chi connectivity index (χ1n) is 12.4. The van der Waals surface area contributed by atoms with Gasteiger partial charge in [0.2, 0.25) is 0 Å². The van der Waals surface area contributed by atoms with Crippen molar-refractivity contribution in [2.75, 3.05) is 17.3 Å². The van der Waals surface area contributed by atoms with Crippen LogP contribution in [0.5, 0.6) is 5.75 Å². The first-order chi connectivity index (χ1) is 20.1. The summed E-state index contributed by atoms with van der Waals surface area (Å²) < 4.78 is 44.9. The Hall–Kier alpha value is -4.36. The summed E-state index contributed by atoms with van der Waals surface area (Å²) in [6, 6.07) is 20.9. The van der Waals surface area contributed by atoms with Gasteiger partial charge in [0.25, 0.3) is 0 Å². The first kappa shape index (κ1) is 30.6. The van der Waals surface area contributed by atoms with Gasteiger partial charge in [-0.3, -0.25) is 0 Å². The Balaban J connectivity index is 0.000000517. The van der Waals surface area contributed by atoms with E-state index in [2.05, 4.69) is 20.8 Å². The molecule has 0 spiro atoms. The van der Waals surface area contributed by atoms with Crippen molar-refractivity contribution < 1.29 is 32.0 Å². The van der Waals surface area contributed by atoms with Gasteiger partial charge in [-0.15, -0.1) is 0 Å². The number of anilines is 2. The number of hydroxylamine groups is 1. The maximum Gasteiger partial charge on any atom is 0.154 e. The molecular formula is C29H26ClFN4O6S. The molecule has 0 radical (unpaired) electrons. The quantitative estimate of drug-likeness (QED) is 0.132. The monoisotopic (exact) mass is 612 g/mol. The van der Waals surface area contributed by atoms with Gasteiger partial charge < -0.3 is 24.5 Å². The molecule has 2 heterocycles. The number of hydrogen-bond acceptors (Lipinski definition) is 10. The molecule has 0 bridgehead atoms. The second-order valence-corrected chi connectivity index (χ2v) is 11.6. The smallest absolute Gasteiger partial charge is 0.154 e. The van der Waals surface area contributed by atoms with Crippen LogP contribution in [0.3, 0.4) is 0 Å². The zero-order valence-electron chi connectivity index (χ0n) is 22.3. The molecule has 10 nitrogen and oxygen atoms in total. The molecule has 13 heteroatoms. The number of furan rings is 1. The van der Waals surface area contributed by atoms with E-state index in [0.29, 0.717) is 45.6 Å². The molecule has 3 aromatic carbocycles. The van der Waals surface area contributed by atoms with Crippen molar-refractivity contribution in [3.8, 4) is 17.1 Å². The number of sulfone groups is 1. The molecule has 5 aromatic rings. The van der Waals surface area contributed by atoms with Gasteiger partial charge in [-0.05, 0) is 66.2 Å². The second kappa shape index (κ2) is 14.0. The molecule has 5 rings (SSSR count). The number of hydrogen-bond donors (Lipinski definition) is 3. The van der Waals surface area contributed by atoms with Crippen LogP contribution in [0.2, 0.25) is 5.02 Å². The molecule has 0 unspecified atom stereocenters. The summed E-state index contributed by atoms with van der Waals surface area (Å²) in [4.78, 5) is 18.2. The van der Waals surface area contributed by atoms with Crippen LogP contribution in [-0.2, 0) is 27.8 Å². The Morgan fingerprint density at radius 3 is 2.60 bits per heavy atom. The molecule has 0 aliphatic carbocycles. The average Bonchev–Trinajstić information content (AvgIpc) is 3.41. The lowest BCUT2D eigenvalue weighted by molar-refractivity contribution is -0.105. The van der Waals surface area contributed by atoms with Gasteiger partial charge >= 0.3 is 0 Å². The zero-order chi connectivity index (χ0) is 30.1. The van der Waals surface area contributed by atoms with E-state index in [1.165, 1.54) is 18.5 Å². The van der Waals surface area contributed by atoms with Gasteiger partial charge in [0.1, 0.15) is 53.9 Å². The number of rotatable bonds is 10. The molecule has 0 atom stereocenters. The minimum atomic E-state index is -3.04. The number of carbonyl (C=O) groups excluding carboxylic acids is 1. The summed E-state index contributed by atoms with van der Waals surface area (Å²) in [6.45, 7) is 0.415. The third kappa shape index (κ3) is 8.57. The normalized spacial score (nSPS) is 11.0. The molecule has 0 aliphatic rings. The number of ether oxygens (including phenoxy) is 1. The van der Waals surface area contributed by atoms with Crippen molar-refractivity contribution in [1.82, 2.24) is 15.4 Å². The van der Waals surface area contributed by atoms with E-state index in [4.69, 9.17) is 26.0 Å². The van der Waals surface area contributed by atoms with Crippen molar-refractivity contribution >= 4 is 50.1 Å². The fraction of sp³-hybridized carbons (Fsp3) is 0.138. The van der Waals surface area contributed by atoms with Crippen LogP contribution < -0.4 is 15.5 Å². The topological polar surface area (TPSA) is 144 Å². The zero-order valence-corrected chi connectivity index (χ0v) is 23.8. The van der Waals surface area contributed by atoms with Gasteiger partial charge in [0.15, 0.2) is 9.84 Å². The molecule has 3 N–H and O–H groups in total. The first-order valence-corrected chi connectivity index (χ1v) is 14.8. The number of nitrogens with one attached hydrogen (secondary N) is 2. The van der Waals surface area contributed by atoms with Gasteiger partial charge in [0, 0.05) is 22.9 Å². The highest BCUT2D eigenvalue weighted by molar-refractivity contribution is 7.91. The van der Waals surface area contributed by atoms with Crippen molar-refractivity contribution in [2.45, 2.75) is 13.2 Å². The second-order valence-electron chi connectivity index (χ2n) is 9.00. The van der Waals surface area contributed by atoms with Crippen LogP contribution in [0.4, 0.5) is 15.9 Å². The van der Waals surface area contributed by atoms with Gasteiger partial charge in [-0.1, -0.05) is 23.7 Å². The fourth-order valence-corrected chi connectivity index (χ4v) is 4.24. The number of nitrogens with zero attached hydrogens (tertiary/aromatic N) is 2. The van der Waals surface area contributed by atoms with E-state index in [-0.39, 0.29) is 24.7 Å². The molecule has 0 amide bonds. The summed E-state index contributed by atoms with van der Waals surface area (Å²) in [5.74, 6) is 1.68. The Kier molecular flexibility index (Phi) is 10.2. The standard InChI is InChI=1S/C26H20ClFN4O3.C3H6O3S/c27-22-12-19(5-8-25(22)34-14-16-2-1-3-18(28)10-16)32-26-21-11-17(4-7-23(21)29-15-30-26)24-9-6-20(35-24)13-31-33;1-7(5,6)3-2-4/h1-12,15,31,33H,13-14H2,(H,29,30,32);2H,3H2,1H3. The number of aldehydes is 1. The Labute approximate surface area is 246 Å². The predicted octanol–water partition coefficient (Wildman–Crippen LogP) is 5.71. The third-order valence-corrected chi connectivity index (χ3v) is 6.72. The van der Waals surface area contributed by atoms with Crippen LogP contribution in [0, 0.1) is 5.82 Å². The summed E-state index contributed by atoms with van der Waals surface area (Å²) in [5.41, 5.74) is 5.12. The Morgan fingerprint density at radius 2 is 1.90 bits per heavy atom. The van der Waals surface area contributed by atoms with Crippen LogP contribution in [-0.4, -0.2) is 41.9 Å². The lowest BCUT2D eigenvalue weighted by Crippen LogP contribution is -2.04. The fourth-order valence-electron chi connectivity index (χ4n) is 3.76. The number of benzene rings is 3. The van der Waals surface area contributed by atoms with Crippen LogP contribution >= 0.6 is 11.6 Å². The molecule has 0 saturated heterocycles. The summed E-state index contributed by atoms with van der Waals surface area (Å²) >= 11 is 6.44. The largest absolute Gasteiger partial charge is 0.487 e. The number of halogens is 2. The third-order valence-electron chi connectivity index (χ3n) is 5.68. The van der Waals surface area contributed by atoms with Crippen molar-refractivity contribution in [1.29, 1.82) is 0 Å². The molecule has 0 aliphatic heterocycles. The van der Waals surface area contributed by atoms with E-state index < -0.39 is 9.84 Å². The highest BCUT2D eigenvalue weighted by Gasteiger charge is 2.11. The van der Waals surface area contributed by atoms with Crippen molar-refractivity contribution in [2.24, 2.45) is 0 Å². The lowest BCUT2D eigenvalue weighted by atomic mass is 10.1. The van der Waals surface area contributed by atoms with Gasteiger partial charge in [0.05, 0.1) is 17.1 Å². The van der Waals surface area contributed by atoms with Gasteiger partial charge in [-0.25, -0.2) is 22.8 Å². The Morgan fingerprint density at radius 1 is 1.07 bits per heavy atom. The van der Waals surface area contributed by atoms with E-state index in [9.17, 15) is 17.6 Å². The predicted molar refractivity (Wildman–Crippen MR) is 157 cm³/mol. The highest BCUT2D eigenvalue weighted by atomic mass is 35.5. The van der Waals surface area contributed by atoms with E-state index in [1.807, 2.05) is 30.3 Å². The van der Waals surface area contributed by atoms with E-state index in [0.717, 1.165) is 22.7 Å². The van der Waals surface area contributed by atoms with Crippen LogP contribution in [0.25, 0.3) is 22.2 Å². The van der Waals surface area contributed by atoms with E-state index >= 15 is 0 Å². The lowest BCUT2D eigenvalue weighted by Gasteiger charge is -2.12. The van der Waals surface area contributed by atoms with Crippen molar-refractivity contribution in [3.63, 3.8) is 0 Å². The summed E-state index contributed by atoms with van der Waals surface area (Å²) in [5, 5.41) is 13.4. The average molecular weight is 613 g/mol. The maximum atomic E-state index is 13.4. The van der Waals surface area contributed by atoms with E-state index in [1.54, 1.807) is 30.3 Å². The highest BCUT2D eigenvalue weighted by Crippen LogP contribution is 2.32. The molecule has 42 heavy (non-hydrogen) atoms. The molecule has 218 valence electrons. The number of fused-ring (bicyclic) bond motifs is 1. The summed E-state index contributed by atoms with van der Waals surface area (Å²) in [7, 11) is -3.04. The number of aromatic nitrogens is 2. The van der Waals surface area contributed by atoms with Crippen LogP contribution in [0.1, 0.15) is 11.3 Å².